The normalized spacial score (nSPS) is 15.2. The van der Waals surface area contributed by atoms with Crippen LogP contribution in [0.15, 0.2) is 48.7 Å². The lowest BCUT2D eigenvalue weighted by molar-refractivity contribution is 0.0616. The number of hydrogen-bond donors (Lipinski definition) is 1. The molecular formula is C16H16N2O2. The van der Waals surface area contributed by atoms with Gasteiger partial charge in [0.05, 0.1) is 30.5 Å². The van der Waals surface area contributed by atoms with Crippen LogP contribution in [0.2, 0.25) is 0 Å². The van der Waals surface area contributed by atoms with Crippen LogP contribution < -0.4 is 0 Å². The smallest absolute Gasteiger partial charge is 0.256 e. The van der Waals surface area contributed by atoms with E-state index in [2.05, 4.69) is 4.98 Å². The maximum atomic E-state index is 12.4. The summed E-state index contributed by atoms with van der Waals surface area (Å²) >= 11 is 0. The number of carbonyl (C=O) groups is 1. The number of aromatic nitrogens is 1. The molecular weight excluding hydrogens is 252 g/mol. The van der Waals surface area contributed by atoms with Gasteiger partial charge in [0.2, 0.25) is 0 Å². The first-order valence-corrected chi connectivity index (χ1v) is 6.69. The lowest BCUT2D eigenvalue weighted by Gasteiger charge is -2.26. The van der Waals surface area contributed by atoms with E-state index in [1.807, 2.05) is 30.3 Å². The van der Waals surface area contributed by atoms with Gasteiger partial charge >= 0.3 is 0 Å². The number of benzene rings is 1. The second-order valence-corrected chi connectivity index (χ2v) is 4.96. The third-order valence-electron chi connectivity index (χ3n) is 3.67. The SMILES string of the molecule is O=C1c2cccnc2CN1C(CO)Cc1ccccc1. The molecule has 1 atom stereocenters. The van der Waals surface area contributed by atoms with Gasteiger partial charge < -0.3 is 10.0 Å². The Kier molecular flexibility index (Phi) is 3.48. The number of hydrogen-bond acceptors (Lipinski definition) is 3. The van der Waals surface area contributed by atoms with E-state index in [4.69, 9.17) is 0 Å². The summed E-state index contributed by atoms with van der Waals surface area (Å²) < 4.78 is 0. The van der Waals surface area contributed by atoms with Crippen LogP contribution in [0, 0.1) is 0 Å². The number of pyridine rings is 1. The molecule has 1 aliphatic rings. The highest BCUT2D eigenvalue weighted by molar-refractivity contribution is 5.97. The fourth-order valence-corrected chi connectivity index (χ4v) is 2.60. The average molecular weight is 268 g/mol. The predicted molar refractivity (Wildman–Crippen MR) is 75.1 cm³/mol. The molecule has 1 aliphatic heterocycles. The third-order valence-corrected chi connectivity index (χ3v) is 3.67. The molecule has 2 heterocycles. The van der Waals surface area contributed by atoms with Crippen LogP contribution in [0.1, 0.15) is 21.6 Å². The van der Waals surface area contributed by atoms with Crippen LogP contribution in [-0.4, -0.2) is 33.5 Å². The number of aliphatic hydroxyl groups excluding tert-OH is 1. The number of amides is 1. The number of carbonyl (C=O) groups excluding carboxylic acids is 1. The maximum absolute atomic E-state index is 12.4. The Morgan fingerprint density at radius 2 is 2.00 bits per heavy atom. The molecule has 4 nitrogen and oxygen atoms in total. The van der Waals surface area contributed by atoms with E-state index in [9.17, 15) is 9.90 Å². The molecule has 0 radical (unpaired) electrons. The molecule has 1 aromatic carbocycles. The minimum absolute atomic E-state index is 0.0388. The van der Waals surface area contributed by atoms with E-state index in [1.54, 1.807) is 23.2 Å². The van der Waals surface area contributed by atoms with Crippen molar-refractivity contribution in [1.29, 1.82) is 0 Å². The van der Waals surface area contributed by atoms with E-state index < -0.39 is 0 Å². The largest absolute Gasteiger partial charge is 0.394 e. The Hall–Kier alpha value is -2.20. The van der Waals surface area contributed by atoms with Gasteiger partial charge in [-0.3, -0.25) is 9.78 Å². The highest BCUT2D eigenvalue weighted by Gasteiger charge is 2.32. The molecule has 1 aromatic heterocycles. The van der Waals surface area contributed by atoms with Gasteiger partial charge in [-0.25, -0.2) is 0 Å². The van der Waals surface area contributed by atoms with Gasteiger partial charge in [-0.1, -0.05) is 30.3 Å². The zero-order valence-electron chi connectivity index (χ0n) is 11.1. The fraction of sp³-hybridized carbons (Fsp3) is 0.250. The van der Waals surface area contributed by atoms with E-state index in [0.717, 1.165) is 11.3 Å². The molecule has 1 amide bonds. The summed E-state index contributed by atoms with van der Waals surface area (Å²) in [5, 5.41) is 9.63. The summed E-state index contributed by atoms with van der Waals surface area (Å²) in [6.07, 6.45) is 2.35. The van der Waals surface area contributed by atoms with Crippen LogP contribution in [0.3, 0.4) is 0 Å². The van der Waals surface area contributed by atoms with E-state index in [1.165, 1.54) is 0 Å². The summed E-state index contributed by atoms with van der Waals surface area (Å²) in [7, 11) is 0. The molecule has 4 heteroatoms. The molecule has 1 N–H and O–H groups in total. The topological polar surface area (TPSA) is 53.4 Å². The van der Waals surface area contributed by atoms with Gasteiger partial charge in [0.1, 0.15) is 0 Å². The molecule has 0 saturated heterocycles. The van der Waals surface area contributed by atoms with Crippen molar-refractivity contribution in [3.63, 3.8) is 0 Å². The van der Waals surface area contributed by atoms with Gasteiger partial charge in [-0.05, 0) is 24.1 Å². The van der Waals surface area contributed by atoms with Crippen molar-refractivity contribution >= 4 is 5.91 Å². The van der Waals surface area contributed by atoms with Crippen molar-refractivity contribution in [2.45, 2.75) is 19.0 Å². The molecule has 3 rings (SSSR count). The molecule has 2 aromatic rings. The van der Waals surface area contributed by atoms with E-state index in [0.29, 0.717) is 18.5 Å². The average Bonchev–Trinajstić information content (AvgIpc) is 2.83. The van der Waals surface area contributed by atoms with Crippen LogP contribution in [0.4, 0.5) is 0 Å². The Bertz CT molecular complexity index is 613. The maximum Gasteiger partial charge on any atom is 0.256 e. The molecule has 0 spiro atoms. The molecule has 102 valence electrons. The van der Waals surface area contributed by atoms with Gasteiger partial charge in [-0.2, -0.15) is 0 Å². The number of rotatable bonds is 4. The highest BCUT2D eigenvalue weighted by Crippen LogP contribution is 2.23. The lowest BCUT2D eigenvalue weighted by atomic mass is 10.1. The van der Waals surface area contributed by atoms with Crippen LogP contribution >= 0.6 is 0 Å². The summed E-state index contributed by atoms with van der Waals surface area (Å²) in [6.45, 7) is 0.432. The standard InChI is InChI=1S/C16H16N2O2/c19-11-13(9-12-5-2-1-3-6-12)18-10-15-14(16(18)20)7-4-8-17-15/h1-8,13,19H,9-11H2. The predicted octanol–water partition coefficient (Wildman–Crippen LogP) is 1.64. The van der Waals surface area contributed by atoms with Gasteiger partial charge in [0.25, 0.3) is 5.91 Å². The first-order chi connectivity index (χ1) is 9.79. The minimum atomic E-state index is -0.209. The quantitative estimate of drug-likeness (QED) is 0.917. The Balaban J connectivity index is 1.80. The molecule has 20 heavy (non-hydrogen) atoms. The Labute approximate surface area is 117 Å². The molecule has 0 saturated carbocycles. The monoisotopic (exact) mass is 268 g/mol. The summed E-state index contributed by atoms with van der Waals surface area (Å²) in [6, 6.07) is 13.3. The summed E-state index contributed by atoms with van der Waals surface area (Å²) in [5.41, 5.74) is 2.56. The van der Waals surface area contributed by atoms with Gasteiger partial charge in [0, 0.05) is 6.20 Å². The van der Waals surface area contributed by atoms with Crippen molar-refractivity contribution < 1.29 is 9.90 Å². The van der Waals surface area contributed by atoms with Gasteiger partial charge in [0.15, 0.2) is 0 Å². The number of nitrogens with zero attached hydrogens (tertiary/aromatic N) is 2. The zero-order valence-corrected chi connectivity index (χ0v) is 11.1. The van der Waals surface area contributed by atoms with E-state index in [-0.39, 0.29) is 18.6 Å². The summed E-state index contributed by atoms with van der Waals surface area (Å²) in [5.74, 6) is -0.0388. The second kappa shape index (κ2) is 5.43. The van der Waals surface area contributed by atoms with Crippen molar-refractivity contribution in [2.75, 3.05) is 6.61 Å². The second-order valence-electron chi connectivity index (χ2n) is 4.96. The molecule has 0 aliphatic carbocycles. The van der Waals surface area contributed by atoms with E-state index >= 15 is 0 Å². The number of fused-ring (bicyclic) bond motifs is 1. The minimum Gasteiger partial charge on any atom is -0.394 e. The van der Waals surface area contributed by atoms with Crippen LogP contribution in [0.5, 0.6) is 0 Å². The number of aliphatic hydroxyl groups is 1. The third kappa shape index (κ3) is 2.30. The highest BCUT2D eigenvalue weighted by atomic mass is 16.3. The van der Waals surface area contributed by atoms with Crippen LogP contribution in [-0.2, 0) is 13.0 Å². The van der Waals surface area contributed by atoms with Gasteiger partial charge in [-0.15, -0.1) is 0 Å². The first-order valence-electron chi connectivity index (χ1n) is 6.69. The van der Waals surface area contributed by atoms with Crippen molar-refractivity contribution in [2.24, 2.45) is 0 Å². The van der Waals surface area contributed by atoms with Crippen molar-refractivity contribution in [1.82, 2.24) is 9.88 Å². The Morgan fingerprint density at radius 3 is 2.70 bits per heavy atom. The molecule has 0 fully saturated rings. The van der Waals surface area contributed by atoms with Crippen LogP contribution in [0.25, 0.3) is 0 Å². The summed E-state index contributed by atoms with van der Waals surface area (Å²) in [4.78, 5) is 18.3. The van der Waals surface area contributed by atoms with Crippen molar-refractivity contribution in [3.8, 4) is 0 Å². The fourth-order valence-electron chi connectivity index (χ4n) is 2.60. The zero-order chi connectivity index (χ0) is 13.9. The van der Waals surface area contributed by atoms with Crippen molar-refractivity contribution in [3.05, 3.63) is 65.5 Å². The lowest BCUT2D eigenvalue weighted by Crippen LogP contribution is -2.39. The molecule has 0 bridgehead atoms. The molecule has 1 unspecified atom stereocenters. The first kappa shape index (κ1) is 12.8. The Morgan fingerprint density at radius 1 is 1.20 bits per heavy atom.